The van der Waals surface area contributed by atoms with E-state index >= 15 is 0 Å². The maximum Gasteiger partial charge on any atom is 0.337 e. The van der Waals surface area contributed by atoms with Crippen LogP contribution in [-0.2, 0) is 4.74 Å². The first-order valence-corrected chi connectivity index (χ1v) is 9.74. The van der Waals surface area contributed by atoms with Gasteiger partial charge in [-0.15, -0.1) is 0 Å². The number of nitrogens with one attached hydrogen (secondary N) is 2. The van der Waals surface area contributed by atoms with Crippen LogP contribution in [0.2, 0.25) is 0 Å². The van der Waals surface area contributed by atoms with Gasteiger partial charge in [0, 0.05) is 21.4 Å². The van der Waals surface area contributed by atoms with Crippen LogP contribution in [0.3, 0.4) is 0 Å². The summed E-state index contributed by atoms with van der Waals surface area (Å²) in [6.07, 6.45) is 0. The van der Waals surface area contributed by atoms with Gasteiger partial charge in [-0.25, -0.2) is 14.6 Å². The monoisotopic (exact) mass is 465 g/mol. The fourth-order valence-electron chi connectivity index (χ4n) is 2.85. The van der Waals surface area contributed by atoms with Crippen molar-refractivity contribution in [3.8, 4) is 11.5 Å². The summed E-state index contributed by atoms with van der Waals surface area (Å²) in [6.45, 7) is 0. The Morgan fingerprint density at radius 3 is 2.50 bits per heavy atom. The first kappa shape index (κ1) is 19.7. The molecule has 0 radical (unpaired) electrons. The fraction of sp³-hybridized carbons (Fsp3) is 0.0455. The number of rotatable bonds is 4. The standard InChI is InChI=1S/C22H16BrN3O4/c1-29-21(27)14-5-10-19-18(12-14)26-20(30-19)13-3-2-4-17(11-13)25-22(28)24-16-8-6-15(23)7-9-16/h2-12H,1H3,(H2,24,25,28). The van der Waals surface area contributed by atoms with Gasteiger partial charge in [0.2, 0.25) is 5.89 Å². The lowest BCUT2D eigenvalue weighted by molar-refractivity contribution is 0.0601. The van der Waals surface area contributed by atoms with E-state index in [1.807, 2.05) is 18.2 Å². The highest BCUT2D eigenvalue weighted by Gasteiger charge is 2.13. The maximum atomic E-state index is 12.3. The zero-order valence-corrected chi connectivity index (χ0v) is 17.4. The van der Waals surface area contributed by atoms with E-state index in [9.17, 15) is 9.59 Å². The SMILES string of the molecule is COC(=O)c1ccc2oc(-c3cccc(NC(=O)Nc4ccc(Br)cc4)c3)nc2c1. The number of oxazole rings is 1. The molecule has 150 valence electrons. The molecular weight excluding hydrogens is 450 g/mol. The van der Waals surface area contributed by atoms with Crippen molar-refractivity contribution in [3.05, 3.63) is 76.8 Å². The topological polar surface area (TPSA) is 93.5 Å². The number of carbonyl (C=O) groups excluding carboxylic acids is 2. The van der Waals surface area contributed by atoms with E-state index < -0.39 is 5.97 Å². The summed E-state index contributed by atoms with van der Waals surface area (Å²) < 4.78 is 11.5. The minimum Gasteiger partial charge on any atom is -0.465 e. The predicted molar refractivity (Wildman–Crippen MR) is 118 cm³/mol. The maximum absolute atomic E-state index is 12.3. The number of ether oxygens (including phenoxy) is 1. The van der Waals surface area contributed by atoms with Crippen LogP contribution in [0.1, 0.15) is 10.4 Å². The highest BCUT2D eigenvalue weighted by Crippen LogP contribution is 2.27. The number of halogens is 1. The predicted octanol–water partition coefficient (Wildman–Crippen LogP) is 5.69. The largest absolute Gasteiger partial charge is 0.465 e. The number of carbonyl (C=O) groups is 2. The second-order valence-corrected chi connectivity index (χ2v) is 7.28. The molecule has 0 saturated heterocycles. The summed E-state index contributed by atoms with van der Waals surface area (Å²) in [4.78, 5) is 28.4. The molecule has 2 amide bonds. The third-order valence-corrected chi connectivity index (χ3v) is 4.81. The molecule has 7 nitrogen and oxygen atoms in total. The number of aromatic nitrogens is 1. The highest BCUT2D eigenvalue weighted by molar-refractivity contribution is 9.10. The van der Waals surface area contributed by atoms with Crippen LogP contribution in [0.25, 0.3) is 22.6 Å². The number of anilines is 2. The number of hydrogen-bond donors (Lipinski definition) is 2. The summed E-state index contributed by atoms with van der Waals surface area (Å²) in [7, 11) is 1.33. The van der Waals surface area contributed by atoms with Crippen molar-refractivity contribution in [2.45, 2.75) is 0 Å². The average molecular weight is 466 g/mol. The van der Waals surface area contributed by atoms with E-state index in [4.69, 9.17) is 9.15 Å². The Labute approximate surface area is 180 Å². The second-order valence-electron chi connectivity index (χ2n) is 6.36. The summed E-state index contributed by atoms with van der Waals surface area (Å²) >= 11 is 3.36. The van der Waals surface area contributed by atoms with Crippen molar-refractivity contribution in [2.75, 3.05) is 17.7 Å². The van der Waals surface area contributed by atoms with Crippen molar-refractivity contribution in [3.63, 3.8) is 0 Å². The second kappa shape index (κ2) is 8.38. The van der Waals surface area contributed by atoms with E-state index in [1.165, 1.54) is 7.11 Å². The molecule has 0 fully saturated rings. The van der Waals surface area contributed by atoms with Crippen LogP contribution in [0.15, 0.2) is 75.6 Å². The van der Waals surface area contributed by atoms with Gasteiger partial charge in [0.15, 0.2) is 5.58 Å². The van der Waals surface area contributed by atoms with Crippen LogP contribution in [0, 0.1) is 0 Å². The number of esters is 1. The third kappa shape index (κ3) is 4.33. The lowest BCUT2D eigenvalue weighted by Crippen LogP contribution is -2.19. The molecule has 0 aliphatic heterocycles. The van der Waals surface area contributed by atoms with E-state index in [-0.39, 0.29) is 6.03 Å². The summed E-state index contributed by atoms with van der Waals surface area (Å²) in [5.74, 6) is -0.0617. The number of benzene rings is 3. The smallest absolute Gasteiger partial charge is 0.337 e. The summed E-state index contributed by atoms with van der Waals surface area (Å²) in [5.41, 5.74) is 3.42. The minimum atomic E-state index is -0.440. The molecule has 1 aromatic heterocycles. The van der Waals surface area contributed by atoms with Gasteiger partial charge in [0.05, 0.1) is 12.7 Å². The van der Waals surface area contributed by atoms with Gasteiger partial charge in [0.25, 0.3) is 0 Å². The van der Waals surface area contributed by atoms with Gasteiger partial charge < -0.3 is 19.8 Å². The van der Waals surface area contributed by atoms with Gasteiger partial charge in [-0.1, -0.05) is 22.0 Å². The quantitative estimate of drug-likeness (QED) is 0.377. The number of nitrogens with zero attached hydrogens (tertiary/aromatic N) is 1. The van der Waals surface area contributed by atoms with Gasteiger partial charge in [-0.3, -0.25) is 0 Å². The van der Waals surface area contributed by atoms with Gasteiger partial charge in [-0.05, 0) is 60.7 Å². The molecule has 4 aromatic rings. The first-order valence-electron chi connectivity index (χ1n) is 8.95. The van der Waals surface area contributed by atoms with E-state index in [0.717, 1.165) is 4.47 Å². The lowest BCUT2D eigenvalue weighted by atomic mass is 10.2. The van der Waals surface area contributed by atoms with E-state index in [1.54, 1.807) is 48.5 Å². The molecule has 0 aliphatic rings. The Morgan fingerprint density at radius 2 is 1.73 bits per heavy atom. The Bertz CT molecular complexity index is 1230. The molecular formula is C22H16BrN3O4. The Morgan fingerprint density at radius 1 is 0.967 bits per heavy atom. The molecule has 30 heavy (non-hydrogen) atoms. The number of urea groups is 1. The van der Waals surface area contributed by atoms with Crippen LogP contribution in [0.4, 0.5) is 16.2 Å². The molecule has 0 unspecified atom stereocenters. The Balaban J connectivity index is 1.53. The van der Waals surface area contributed by atoms with Crippen molar-refractivity contribution >= 4 is 50.4 Å². The Kier molecular flexibility index (Phi) is 5.49. The van der Waals surface area contributed by atoms with E-state index in [0.29, 0.717) is 39.5 Å². The third-order valence-electron chi connectivity index (χ3n) is 4.28. The van der Waals surface area contributed by atoms with Crippen LogP contribution < -0.4 is 10.6 Å². The lowest BCUT2D eigenvalue weighted by Gasteiger charge is -2.08. The van der Waals surface area contributed by atoms with Crippen LogP contribution >= 0.6 is 15.9 Å². The molecule has 0 atom stereocenters. The molecule has 0 spiro atoms. The van der Waals surface area contributed by atoms with Gasteiger partial charge in [0.1, 0.15) is 5.52 Å². The number of hydrogen-bond acceptors (Lipinski definition) is 5. The van der Waals surface area contributed by atoms with Crippen LogP contribution in [0.5, 0.6) is 0 Å². The Hall–Kier alpha value is -3.65. The van der Waals surface area contributed by atoms with Crippen molar-refractivity contribution < 1.29 is 18.7 Å². The molecule has 0 aliphatic carbocycles. The zero-order valence-electron chi connectivity index (χ0n) is 15.8. The first-order chi connectivity index (χ1) is 14.5. The van der Waals surface area contributed by atoms with Crippen molar-refractivity contribution in [1.29, 1.82) is 0 Å². The van der Waals surface area contributed by atoms with Crippen molar-refractivity contribution in [1.82, 2.24) is 4.98 Å². The normalized spacial score (nSPS) is 10.6. The molecule has 0 bridgehead atoms. The summed E-state index contributed by atoms with van der Waals surface area (Å²) in [5, 5.41) is 5.56. The molecule has 8 heteroatoms. The van der Waals surface area contributed by atoms with Gasteiger partial charge >= 0.3 is 12.0 Å². The zero-order chi connectivity index (χ0) is 21.1. The molecule has 1 heterocycles. The van der Waals surface area contributed by atoms with E-state index in [2.05, 4.69) is 31.5 Å². The number of amides is 2. The fourth-order valence-corrected chi connectivity index (χ4v) is 3.12. The average Bonchev–Trinajstić information content (AvgIpc) is 3.18. The number of fused-ring (bicyclic) bond motifs is 1. The molecule has 2 N–H and O–H groups in total. The number of methoxy groups -OCH3 is 1. The van der Waals surface area contributed by atoms with Crippen molar-refractivity contribution in [2.24, 2.45) is 0 Å². The molecule has 3 aromatic carbocycles. The van der Waals surface area contributed by atoms with Gasteiger partial charge in [-0.2, -0.15) is 0 Å². The minimum absolute atomic E-state index is 0.366. The highest BCUT2D eigenvalue weighted by atomic mass is 79.9. The molecule has 4 rings (SSSR count). The molecule has 0 saturated carbocycles. The summed E-state index contributed by atoms with van der Waals surface area (Å²) in [6, 6.07) is 18.9. The van der Waals surface area contributed by atoms with Crippen LogP contribution in [-0.4, -0.2) is 24.1 Å².